The van der Waals surface area contributed by atoms with Crippen LogP contribution in [-0.2, 0) is 16.6 Å². The standard InChI is InChI=1S/C15H13Cl3F2N2O3S/c1-6(14(23)24-3)26-10-4-7(8(16)5-9(10)17)12-11(18)13(22(2)21-12)25-15(19)20/h4-6,15H,1-3H3. The van der Waals surface area contributed by atoms with Gasteiger partial charge in [-0.2, -0.15) is 13.9 Å². The Morgan fingerprint density at radius 1 is 1.27 bits per heavy atom. The number of carbonyl (C=O) groups is 1. The van der Waals surface area contributed by atoms with E-state index in [0.29, 0.717) is 15.5 Å². The molecule has 0 fully saturated rings. The number of alkyl halides is 2. The van der Waals surface area contributed by atoms with E-state index < -0.39 is 17.8 Å². The molecule has 1 unspecified atom stereocenters. The lowest BCUT2D eigenvalue weighted by Crippen LogP contribution is -2.14. The van der Waals surface area contributed by atoms with Crippen molar-refractivity contribution in [3.8, 4) is 17.1 Å². The number of halogens is 5. The molecule has 0 aliphatic carbocycles. The molecular formula is C15H13Cl3F2N2O3S. The van der Waals surface area contributed by atoms with Gasteiger partial charge in [0.25, 0.3) is 0 Å². The summed E-state index contributed by atoms with van der Waals surface area (Å²) in [5.41, 5.74) is 0.513. The van der Waals surface area contributed by atoms with Gasteiger partial charge >= 0.3 is 12.6 Å². The van der Waals surface area contributed by atoms with Gasteiger partial charge < -0.3 is 9.47 Å². The van der Waals surface area contributed by atoms with Gasteiger partial charge in [0.2, 0.25) is 5.88 Å². The summed E-state index contributed by atoms with van der Waals surface area (Å²) in [6.45, 7) is -1.40. The number of benzene rings is 1. The van der Waals surface area contributed by atoms with Gasteiger partial charge in [0.05, 0.1) is 17.2 Å². The maximum absolute atomic E-state index is 12.5. The van der Waals surface area contributed by atoms with Crippen molar-refractivity contribution in [2.24, 2.45) is 7.05 Å². The highest BCUT2D eigenvalue weighted by molar-refractivity contribution is 8.00. The number of aryl methyl sites for hydroxylation is 1. The molecule has 26 heavy (non-hydrogen) atoms. The van der Waals surface area contributed by atoms with Gasteiger partial charge in [0, 0.05) is 17.5 Å². The van der Waals surface area contributed by atoms with Gasteiger partial charge in [0.1, 0.15) is 16.0 Å². The average Bonchev–Trinajstić information content (AvgIpc) is 2.84. The Hall–Kier alpha value is -1.22. The van der Waals surface area contributed by atoms with Crippen molar-refractivity contribution in [1.29, 1.82) is 0 Å². The number of hydrogen-bond acceptors (Lipinski definition) is 5. The normalized spacial score (nSPS) is 12.3. The maximum Gasteiger partial charge on any atom is 0.388 e. The predicted octanol–water partition coefficient (Wildman–Crippen LogP) is 5.30. The van der Waals surface area contributed by atoms with Crippen molar-refractivity contribution < 1.29 is 23.0 Å². The highest BCUT2D eigenvalue weighted by atomic mass is 35.5. The first-order chi connectivity index (χ1) is 12.1. The van der Waals surface area contributed by atoms with E-state index in [0.717, 1.165) is 16.4 Å². The van der Waals surface area contributed by atoms with Gasteiger partial charge in [-0.05, 0) is 19.1 Å². The van der Waals surface area contributed by atoms with Crippen molar-refractivity contribution in [3.05, 3.63) is 27.2 Å². The Labute approximate surface area is 167 Å². The van der Waals surface area contributed by atoms with Crippen LogP contribution in [0.25, 0.3) is 11.3 Å². The monoisotopic (exact) mass is 444 g/mol. The molecule has 0 amide bonds. The van der Waals surface area contributed by atoms with E-state index in [9.17, 15) is 13.6 Å². The van der Waals surface area contributed by atoms with E-state index in [-0.39, 0.29) is 21.6 Å². The molecule has 1 heterocycles. The van der Waals surface area contributed by atoms with Crippen LogP contribution in [-0.4, -0.2) is 34.7 Å². The Kier molecular flexibility index (Phi) is 7.01. The molecule has 142 valence electrons. The van der Waals surface area contributed by atoms with Gasteiger partial charge in [0.15, 0.2) is 0 Å². The van der Waals surface area contributed by atoms with Gasteiger partial charge in [-0.1, -0.05) is 34.8 Å². The molecule has 1 atom stereocenters. The van der Waals surface area contributed by atoms with E-state index in [2.05, 4.69) is 14.6 Å². The second kappa shape index (κ2) is 8.65. The van der Waals surface area contributed by atoms with Gasteiger partial charge in [-0.25, -0.2) is 4.68 Å². The Balaban J connectivity index is 2.48. The quantitative estimate of drug-likeness (QED) is 0.446. The number of nitrogens with zero attached hydrogens (tertiary/aromatic N) is 2. The van der Waals surface area contributed by atoms with Crippen LogP contribution in [0.2, 0.25) is 15.1 Å². The molecule has 2 aromatic rings. The summed E-state index contributed by atoms with van der Waals surface area (Å²) in [7, 11) is 2.69. The summed E-state index contributed by atoms with van der Waals surface area (Å²) in [6, 6.07) is 3.04. The van der Waals surface area contributed by atoms with Crippen LogP contribution >= 0.6 is 46.6 Å². The highest BCUT2D eigenvalue weighted by Gasteiger charge is 2.24. The van der Waals surface area contributed by atoms with Crippen molar-refractivity contribution in [2.75, 3.05) is 7.11 Å². The minimum atomic E-state index is -3.05. The Morgan fingerprint density at radius 2 is 1.92 bits per heavy atom. The first kappa shape index (κ1) is 21.1. The average molecular weight is 446 g/mol. The van der Waals surface area contributed by atoms with Crippen molar-refractivity contribution in [1.82, 2.24) is 9.78 Å². The molecule has 0 saturated heterocycles. The van der Waals surface area contributed by atoms with Gasteiger partial charge in [-0.3, -0.25) is 4.79 Å². The second-order valence-corrected chi connectivity index (χ2v) is 7.59. The van der Waals surface area contributed by atoms with Crippen LogP contribution in [0.3, 0.4) is 0 Å². The molecule has 0 N–H and O–H groups in total. The van der Waals surface area contributed by atoms with Gasteiger partial charge in [-0.15, -0.1) is 11.8 Å². The molecule has 5 nitrogen and oxygen atoms in total. The lowest BCUT2D eigenvalue weighted by atomic mass is 10.1. The fourth-order valence-electron chi connectivity index (χ4n) is 2.07. The molecule has 1 aromatic carbocycles. The van der Waals surface area contributed by atoms with Crippen LogP contribution < -0.4 is 4.74 Å². The maximum atomic E-state index is 12.5. The third-order valence-electron chi connectivity index (χ3n) is 3.25. The summed E-state index contributed by atoms with van der Waals surface area (Å²) in [5, 5.41) is 3.98. The van der Waals surface area contributed by atoms with E-state index in [4.69, 9.17) is 34.8 Å². The lowest BCUT2D eigenvalue weighted by Gasteiger charge is -2.12. The third kappa shape index (κ3) is 4.54. The molecular weight excluding hydrogens is 433 g/mol. The van der Waals surface area contributed by atoms with Crippen LogP contribution in [0.15, 0.2) is 17.0 Å². The number of ether oxygens (including phenoxy) is 2. The van der Waals surface area contributed by atoms with E-state index in [1.165, 1.54) is 20.2 Å². The van der Waals surface area contributed by atoms with Crippen LogP contribution in [0.4, 0.5) is 8.78 Å². The molecule has 0 aliphatic rings. The van der Waals surface area contributed by atoms with Crippen molar-refractivity contribution in [2.45, 2.75) is 23.7 Å². The molecule has 0 aliphatic heterocycles. The minimum absolute atomic E-state index is 0.117. The number of thioether (sulfide) groups is 1. The topological polar surface area (TPSA) is 53.3 Å². The number of carbonyl (C=O) groups excluding carboxylic acids is 1. The molecule has 11 heteroatoms. The zero-order valence-electron chi connectivity index (χ0n) is 13.7. The smallest absolute Gasteiger partial charge is 0.388 e. The molecule has 0 bridgehead atoms. The fraction of sp³-hybridized carbons (Fsp3) is 0.333. The number of rotatable bonds is 6. The summed E-state index contributed by atoms with van der Waals surface area (Å²) in [6.07, 6.45) is 0. The molecule has 0 saturated carbocycles. The third-order valence-corrected chi connectivity index (χ3v) is 5.47. The van der Waals surface area contributed by atoms with E-state index >= 15 is 0 Å². The second-order valence-electron chi connectivity index (χ2n) is 5.02. The number of hydrogen-bond donors (Lipinski definition) is 0. The molecule has 1 aromatic heterocycles. The first-order valence-electron chi connectivity index (χ1n) is 7.06. The fourth-order valence-corrected chi connectivity index (χ4v) is 3.92. The largest absolute Gasteiger partial charge is 0.468 e. The number of methoxy groups -OCH3 is 1. The zero-order chi connectivity index (χ0) is 19.6. The number of aromatic nitrogens is 2. The Bertz CT molecular complexity index is 833. The summed E-state index contributed by atoms with van der Waals surface area (Å²) < 4.78 is 35.2. The SMILES string of the molecule is COC(=O)C(C)Sc1cc(-c2nn(C)c(OC(F)F)c2Cl)c(Cl)cc1Cl. The summed E-state index contributed by atoms with van der Waals surface area (Å²) in [4.78, 5) is 12.1. The lowest BCUT2D eigenvalue weighted by molar-refractivity contribution is -0.139. The predicted molar refractivity (Wildman–Crippen MR) is 97.6 cm³/mol. The van der Waals surface area contributed by atoms with Crippen LogP contribution in [0.1, 0.15) is 6.92 Å². The number of esters is 1. The molecule has 2 rings (SSSR count). The van der Waals surface area contributed by atoms with Crippen molar-refractivity contribution in [3.63, 3.8) is 0 Å². The first-order valence-corrected chi connectivity index (χ1v) is 9.08. The van der Waals surface area contributed by atoms with Crippen molar-refractivity contribution >= 4 is 52.5 Å². The molecule has 0 spiro atoms. The molecule has 0 radical (unpaired) electrons. The van der Waals surface area contributed by atoms with E-state index in [1.54, 1.807) is 13.0 Å². The minimum Gasteiger partial charge on any atom is -0.468 e. The van der Waals surface area contributed by atoms with Crippen LogP contribution in [0, 0.1) is 0 Å². The summed E-state index contributed by atoms with van der Waals surface area (Å²) in [5.74, 6) is -0.717. The van der Waals surface area contributed by atoms with Crippen LogP contribution in [0.5, 0.6) is 5.88 Å². The Morgan fingerprint density at radius 3 is 2.50 bits per heavy atom. The zero-order valence-corrected chi connectivity index (χ0v) is 16.8. The van der Waals surface area contributed by atoms with E-state index in [1.807, 2.05) is 0 Å². The summed E-state index contributed by atoms with van der Waals surface area (Å²) >= 11 is 19.7. The highest BCUT2D eigenvalue weighted by Crippen LogP contribution is 2.42.